The van der Waals surface area contributed by atoms with E-state index in [1.54, 1.807) is 18.4 Å². The molecule has 1 heterocycles. The van der Waals surface area contributed by atoms with Crippen molar-refractivity contribution in [3.63, 3.8) is 0 Å². The zero-order valence-corrected chi connectivity index (χ0v) is 15.7. The number of thiazole rings is 1. The zero-order valence-electron chi connectivity index (χ0n) is 14.8. The van der Waals surface area contributed by atoms with Gasteiger partial charge in [-0.15, -0.1) is 11.3 Å². The fourth-order valence-corrected chi connectivity index (χ4v) is 2.95. The van der Waals surface area contributed by atoms with Crippen LogP contribution in [-0.2, 0) is 13.0 Å². The highest BCUT2D eigenvalue weighted by Gasteiger charge is 2.03. The van der Waals surface area contributed by atoms with Gasteiger partial charge in [-0.3, -0.25) is 0 Å². The largest absolute Gasteiger partial charge is 0.496 e. The van der Waals surface area contributed by atoms with E-state index in [0.29, 0.717) is 6.54 Å². The van der Waals surface area contributed by atoms with E-state index in [9.17, 15) is 0 Å². The lowest BCUT2D eigenvalue weighted by Crippen LogP contribution is -2.38. The van der Waals surface area contributed by atoms with Gasteiger partial charge in [0.25, 0.3) is 0 Å². The van der Waals surface area contributed by atoms with Crippen molar-refractivity contribution in [3.05, 3.63) is 45.4 Å². The Balaban J connectivity index is 1.92. The molecule has 0 atom stereocenters. The van der Waals surface area contributed by atoms with Crippen LogP contribution in [0.15, 0.2) is 28.6 Å². The summed E-state index contributed by atoms with van der Waals surface area (Å²) < 4.78 is 5.37. The predicted octanol–water partition coefficient (Wildman–Crippen LogP) is 3.07. The topological polar surface area (TPSA) is 58.5 Å². The predicted molar refractivity (Wildman–Crippen MR) is 101 cm³/mol. The zero-order chi connectivity index (χ0) is 17.4. The van der Waals surface area contributed by atoms with Crippen LogP contribution in [0.3, 0.4) is 0 Å². The highest BCUT2D eigenvalue weighted by molar-refractivity contribution is 7.09. The summed E-state index contributed by atoms with van der Waals surface area (Å²) in [6, 6.07) is 6.19. The molecule has 0 fully saturated rings. The van der Waals surface area contributed by atoms with Gasteiger partial charge in [-0.2, -0.15) is 0 Å². The number of rotatable bonds is 7. The molecular weight excluding hydrogens is 320 g/mol. The first-order valence-corrected chi connectivity index (χ1v) is 9.07. The van der Waals surface area contributed by atoms with E-state index in [1.165, 1.54) is 0 Å². The molecular formula is C18H26N4OS. The van der Waals surface area contributed by atoms with Gasteiger partial charge in [0.2, 0.25) is 0 Å². The van der Waals surface area contributed by atoms with E-state index < -0.39 is 0 Å². The van der Waals surface area contributed by atoms with E-state index in [1.807, 2.05) is 19.9 Å². The molecule has 1 aromatic carbocycles. The van der Waals surface area contributed by atoms with Crippen LogP contribution in [-0.4, -0.2) is 31.1 Å². The Labute approximate surface area is 148 Å². The van der Waals surface area contributed by atoms with Gasteiger partial charge in [-0.25, -0.2) is 9.98 Å². The molecule has 0 unspecified atom stereocenters. The first kappa shape index (κ1) is 18.3. The second kappa shape index (κ2) is 9.27. The van der Waals surface area contributed by atoms with Gasteiger partial charge in [0, 0.05) is 24.9 Å². The first-order valence-electron chi connectivity index (χ1n) is 8.19. The quantitative estimate of drug-likeness (QED) is 0.597. The molecule has 24 heavy (non-hydrogen) atoms. The summed E-state index contributed by atoms with van der Waals surface area (Å²) in [5.41, 5.74) is 3.39. The molecule has 1 aromatic heterocycles. The molecule has 0 saturated heterocycles. The number of hydrogen-bond acceptors (Lipinski definition) is 4. The smallest absolute Gasteiger partial charge is 0.191 e. The van der Waals surface area contributed by atoms with E-state index in [2.05, 4.69) is 45.0 Å². The van der Waals surface area contributed by atoms with Gasteiger partial charge in [-0.1, -0.05) is 12.1 Å². The van der Waals surface area contributed by atoms with Gasteiger partial charge in [0.15, 0.2) is 5.96 Å². The number of ether oxygens (including phenoxy) is 1. The van der Waals surface area contributed by atoms with Crippen molar-refractivity contribution in [2.45, 2.75) is 33.7 Å². The van der Waals surface area contributed by atoms with E-state index in [4.69, 9.17) is 4.74 Å². The number of hydrogen-bond donors (Lipinski definition) is 2. The van der Waals surface area contributed by atoms with Crippen LogP contribution >= 0.6 is 11.3 Å². The maximum Gasteiger partial charge on any atom is 0.191 e. The van der Waals surface area contributed by atoms with Crippen molar-refractivity contribution in [3.8, 4) is 5.75 Å². The van der Waals surface area contributed by atoms with E-state index in [-0.39, 0.29) is 0 Å². The summed E-state index contributed by atoms with van der Waals surface area (Å²) in [4.78, 5) is 9.13. The summed E-state index contributed by atoms with van der Waals surface area (Å²) in [6.45, 7) is 8.39. The molecule has 2 N–H and O–H groups in total. The van der Waals surface area contributed by atoms with Crippen molar-refractivity contribution in [1.82, 2.24) is 15.6 Å². The summed E-state index contributed by atoms with van der Waals surface area (Å²) >= 11 is 1.69. The van der Waals surface area contributed by atoms with Crippen molar-refractivity contribution in [1.29, 1.82) is 0 Å². The van der Waals surface area contributed by atoms with E-state index in [0.717, 1.165) is 53.0 Å². The van der Waals surface area contributed by atoms with Crippen molar-refractivity contribution < 1.29 is 4.74 Å². The Hall–Kier alpha value is -2.08. The lowest BCUT2D eigenvalue weighted by atomic mass is 10.1. The SMILES string of the molecule is CCNC(=NCc1ccc(C)c(OC)c1)NCCc1csc(C)n1. The number of benzene rings is 1. The van der Waals surface area contributed by atoms with Gasteiger partial charge in [0.05, 0.1) is 24.4 Å². The molecule has 2 aromatic rings. The molecule has 0 bridgehead atoms. The number of nitrogens with zero attached hydrogens (tertiary/aromatic N) is 2. The number of aliphatic imine (C=N–C) groups is 1. The third-order valence-electron chi connectivity index (χ3n) is 3.58. The highest BCUT2D eigenvalue weighted by atomic mass is 32.1. The number of methoxy groups -OCH3 is 1. The monoisotopic (exact) mass is 346 g/mol. The number of guanidine groups is 1. The van der Waals surface area contributed by atoms with Gasteiger partial charge in [-0.05, 0) is 38.0 Å². The third-order valence-corrected chi connectivity index (χ3v) is 4.40. The summed E-state index contributed by atoms with van der Waals surface area (Å²) in [5.74, 6) is 1.73. The molecule has 0 radical (unpaired) electrons. The maximum absolute atomic E-state index is 5.37. The van der Waals surface area contributed by atoms with Crippen molar-refractivity contribution >= 4 is 17.3 Å². The Morgan fingerprint density at radius 3 is 2.79 bits per heavy atom. The number of nitrogens with one attached hydrogen (secondary N) is 2. The van der Waals surface area contributed by atoms with Gasteiger partial charge in [0.1, 0.15) is 5.75 Å². The van der Waals surface area contributed by atoms with Crippen LogP contribution < -0.4 is 15.4 Å². The molecule has 5 nitrogen and oxygen atoms in total. The van der Waals surface area contributed by atoms with Crippen LogP contribution in [0.4, 0.5) is 0 Å². The Morgan fingerprint density at radius 2 is 2.12 bits per heavy atom. The fraction of sp³-hybridized carbons (Fsp3) is 0.444. The molecule has 0 saturated carbocycles. The molecule has 130 valence electrons. The molecule has 0 amide bonds. The molecule has 0 aliphatic rings. The highest BCUT2D eigenvalue weighted by Crippen LogP contribution is 2.19. The minimum absolute atomic E-state index is 0.613. The standard InChI is InChI=1S/C18H26N4OS/c1-5-19-18(20-9-8-16-12-24-14(3)22-16)21-11-15-7-6-13(2)17(10-15)23-4/h6-7,10,12H,5,8-9,11H2,1-4H3,(H2,19,20,21). The van der Waals surface area contributed by atoms with Gasteiger partial charge >= 0.3 is 0 Å². The summed E-state index contributed by atoms with van der Waals surface area (Å²) in [7, 11) is 1.70. The Morgan fingerprint density at radius 1 is 1.29 bits per heavy atom. The lowest BCUT2D eigenvalue weighted by molar-refractivity contribution is 0.411. The molecule has 2 rings (SSSR count). The minimum atomic E-state index is 0.613. The van der Waals surface area contributed by atoms with Crippen molar-refractivity contribution in [2.75, 3.05) is 20.2 Å². The second-order valence-electron chi connectivity index (χ2n) is 5.53. The molecule has 0 aliphatic carbocycles. The van der Waals surface area contributed by atoms with Crippen LogP contribution in [0.2, 0.25) is 0 Å². The normalized spacial score (nSPS) is 11.4. The van der Waals surface area contributed by atoms with Crippen molar-refractivity contribution in [2.24, 2.45) is 4.99 Å². The minimum Gasteiger partial charge on any atom is -0.496 e. The molecule has 0 aliphatic heterocycles. The maximum atomic E-state index is 5.37. The lowest BCUT2D eigenvalue weighted by Gasteiger charge is -2.11. The van der Waals surface area contributed by atoms with Crippen LogP contribution in [0.5, 0.6) is 5.75 Å². The molecule has 6 heteroatoms. The second-order valence-corrected chi connectivity index (χ2v) is 6.60. The third kappa shape index (κ3) is 5.53. The number of aromatic nitrogens is 1. The van der Waals surface area contributed by atoms with Crippen LogP contribution in [0, 0.1) is 13.8 Å². The Bertz CT molecular complexity index is 681. The van der Waals surface area contributed by atoms with Crippen LogP contribution in [0.25, 0.3) is 0 Å². The fourth-order valence-electron chi connectivity index (χ4n) is 2.31. The Kier molecular flexibility index (Phi) is 7.06. The average Bonchev–Trinajstić information content (AvgIpc) is 2.99. The van der Waals surface area contributed by atoms with Gasteiger partial charge < -0.3 is 15.4 Å². The summed E-state index contributed by atoms with van der Waals surface area (Å²) in [6.07, 6.45) is 0.896. The molecule has 0 spiro atoms. The summed E-state index contributed by atoms with van der Waals surface area (Å²) in [5, 5.41) is 9.86. The number of aryl methyl sites for hydroxylation is 2. The van der Waals surface area contributed by atoms with E-state index >= 15 is 0 Å². The van der Waals surface area contributed by atoms with Crippen LogP contribution in [0.1, 0.15) is 28.8 Å². The average molecular weight is 347 g/mol. The first-order chi connectivity index (χ1) is 11.6.